The highest BCUT2D eigenvalue weighted by Gasteiger charge is 2.31. The number of ether oxygens (including phenoxy) is 2. The first-order valence-electron chi connectivity index (χ1n) is 14.9. The molecule has 0 amide bonds. The minimum atomic E-state index is -1.20. The van der Waals surface area contributed by atoms with E-state index in [1.807, 2.05) is 0 Å². The van der Waals surface area contributed by atoms with Gasteiger partial charge in [0.1, 0.15) is 12.2 Å². The zero-order valence-corrected chi connectivity index (χ0v) is 26.0. The SMILES string of the molecule is CCC[Si](CCC)(CCC)CCCO[C@@H](CO)[C@@H](CO)OCCC[Si](CCC)(CCC)CCC. The summed E-state index contributed by atoms with van der Waals surface area (Å²) in [4.78, 5) is 0. The van der Waals surface area contributed by atoms with Gasteiger partial charge in [0.25, 0.3) is 0 Å². The zero-order valence-electron chi connectivity index (χ0n) is 24.0. The molecule has 0 aliphatic rings. The minimum Gasteiger partial charge on any atom is -0.394 e. The lowest BCUT2D eigenvalue weighted by molar-refractivity contribution is -0.109. The molecule has 0 aromatic rings. The highest BCUT2D eigenvalue weighted by molar-refractivity contribution is 6.80. The topological polar surface area (TPSA) is 58.9 Å². The molecule has 4 nitrogen and oxygen atoms in total. The van der Waals surface area contributed by atoms with Gasteiger partial charge in [-0.3, -0.25) is 0 Å². The summed E-state index contributed by atoms with van der Waals surface area (Å²) in [5.74, 6) is 0. The molecule has 0 aliphatic heterocycles. The number of hydrogen-bond acceptors (Lipinski definition) is 4. The predicted octanol–water partition coefficient (Wildman–Crippen LogP) is 7.88. The van der Waals surface area contributed by atoms with Crippen molar-refractivity contribution >= 4 is 16.1 Å². The fourth-order valence-electron chi connectivity index (χ4n) is 6.60. The van der Waals surface area contributed by atoms with Crippen molar-refractivity contribution in [3.63, 3.8) is 0 Å². The summed E-state index contributed by atoms with van der Waals surface area (Å²) in [6, 6.07) is 11.2. The summed E-state index contributed by atoms with van der Waals surface area (Å²) >= 11 is 0. The van der Waals surface area contributed by atoms with Crippen molar-refractivity contribution in [3.05, 3.63) is 0 Å². The van der Waals surface area contributed by atoms with E-state index >= 15 is 0 Å². The second-order valence-corrected chi connectivity index (χ2v) is 20.9. The van der Waals surface area contributed by atoms with E-state index in [0.717, 1.165) is 12.8 Å². The van der Waals surface area contributed by atoms with Gasteiger partial charge in [-0.1, -0.05) is 128 Å². The highest BCUT2D eigenvalue weighted by Crippen LogP contribution is 2.32. The van der Waals surface area contributed by atoms with Gasteiger partial charge in [-0.15, -0.1) is 0 Å². The van der Waals surface area contributed by atoms with Crippen LogP contribution in [0.2, 0.25) is 48.4 Å². The van der Waals surface area contributed by atoms with Crippen LogP contribution in [0.4, 0.5) is 0 Å². The third-order valence-electron chi connectivity index (χ3n) is 7.82. The monoisotopic (exact) mass is 518 g/mol. The summed E-state index contributed by atoms with van der Waals surface area (Å²) < 4.78 is 12.2. The van der Waals surface area contributed by atoms with Gasteiger partial charge in [0, 0.05) is 13.2 Å². The molecule has 0 aliphatic carbocycles. The first kappa shape index (κ1) is 34.3. The maximum Gasteiger partial charge on any atom is 0.109 e. The maximum absolute atomic E-state index is 9.93. The number of aliphatic hydroxyl groups is 2. The maximum atomic E-state index is 9.93. The predicted molar refractivity (Wildman–Crippen MR) is 155 cm³/mol. The summed E-state index contributed by atoms with van der Waals surface area (Å²) in [5, 5.41) is 19.9. The second kappa shape index (κ2) is 21.4. The standard InChI is InChI=1S/C28H62O4Si2/c1-7-17-33(18-8-2,19-9-3)23-13-15-31-27(25-29)28(26-30)32-16-14-24-34(20-10-4,21-11-5)22-12-6/h27-30H,7-26H2,1-6H3/t27-,28+. The lowest BCUT2D eigenvalue weighted by Gasteiger charge is -2.32. The molecule has 0 spiro atoms. The molecule has 34 heavy (non-hydrogen) atoms. The molecule has 0 bridgehead atoms. The fourth-order valence-corrected chi connectivity index (χ4v) is 17.8. The van der Waals surface area contributed by atoms with Crippen LogP contribution in [0.15, 0.2) is 0 Å². The average molecular weight is 519 g/mol. The zero-order chi connectivity index (χ0) is 25.7. The largest absolute Gasteiger partial charge is 0.394 e. The summed E-state index contributed by atoms with van der Waals surface area (Å²) in [6.45, 7) is 15.1. The number of hydrogen-bond donors (Lipinski definition) is 2. The van der Waals surface area contributed by atoms with Crippen LogP contribution in [0.25, 0.3) is 0 Å². The molecule has 0 radical (unpaired) electrons. The van der Waals surface area contributed by atoms with E-state index < -0.39 is 28.4 Å². The average Bonchev–Trinajstić information content (AvgIpc) is 2.81. The molecule has 0 fully saturated rings. The highest BCUT2D eigenvalue weighted by atomic mass is 28.3. The van der Waals surface area contributed by atoms with E-state index in [1.54, 1.807) is 0 Å². The first-order chi connectivity index (χ1) is 16.5. The van der Waals surface area contributed by atoms with Crippen LogP contribution < -0.4 is 0 Å². The van der Waals surface area contributed by atoms with Crippen molar-refractivity contribution in [2.75, 3.05) is 26.4 Å². The van der Waals surface area contributed by atoms with Crippen LogP contribution in [0, 0.1) is 0 Å². The Bertz CT molecular complexity index is 376. The normalized spacial score (nSPS) is 14.5. The molecule has 0 rings (SSSR count). The molecular formula is C28H62O4Si2. The quantitative estimate of drug-likeness (QED) is 0.0953. The van der Waals surface area contributed by atoms with Crippen LogP contribution in [0.3, 0.4) is 0 Å². The molecule has 6 heteroatoms. The Morgan fingerprint density at radius 2 is 0.735 bits per heavy atom. The Balaban J connectivity index is 4.68. The molecular weight excluding hydrogens is 456 g/mol. The van der Waals surface area contributed by atoms with Crippen LogP contribution in [-0.4, -0.2) is 65.0 Å². The molecule has 0 heterocycles. The fraction of sp³-hybridized carbons (Fsp3) is 1.00. The van der Waals surface area contributed by atoms with Crippen LogP contribution in [0.1, 0.15) is 92.9 Å². The molecule has 2 atom stereocenters. The van der Waals surface area contributed by atoms with Crippen molar-refractivity contribution in [1.82, 2.24) is 0 Å². The third-order valence-corrected chi connectivity index (χ3v) is 20.0. The molecule has 0 saturated carbocycles. The first-order valence-corrected chi connectivity index (χ1v) is 20.6. The van der Waals surface area contributed by atoms with Gasteiger partial charge in [-0.2, -0.15) is 0 Å². The Morgan fingerprint density at radius 3 is 0.941 bits per heavy atom. The summed E-state index contributed by atoms with van der Waals surface area (Å²) in [6.07, 6.45) is 9.08. The van der Waals surface area contributed by atoms with Crippen molar-refractivity contribution < 1.29 is 19.7 Å². The Kier molecular flexibility index (Phi) is 21.5. The summed E-state index contributed by atoms with van der Waals surface area (Å²) in [7, 11) is -2.39. The molecule has 206 valence electrons. The molecule has 0 aromatic carbocycles. The van der Waals surface area contributed by atoms with Crippen LogP contribution >= 0.6 is 0 Å². The van der Waals surface area contributed by atoms with Gasteiger partial charge < -0.3 is 19.7 Å². The Hall–Kier alpha value is 0.274. The van der Waals surface area contributed by atoms with E-state index in [1.165, 1.54) is 86.9 Å². The van der Waals surface area contributed by atoms with Gasteiger partial charge in [0.15, 0.2) is 0 Å². The van der Waals surface area contributed by atoms with E-state index in [4.69, 9.17) is 9.47 Å². The van der Waals surface area contributed by atoms with E-state index in [2.05, 4.69) is 41.5 Å². The lowest BCUT2D eigenvalue weighted by atomic mass is 10.2. The number of rotatable bonds is 25. The molecule has 0 saturated heterocycles. The van der Waals surface area contributed by atoms with Crippen molar-refractivity contribution in [3.8, 4) is 0 Å². The lowest BCUT2D eigenvalue weighted by Crippen LogP contribution is -2.39. The van der Waals surface area contributed by atoms with Gasteiger partial charge in [0.05, 0.1) is 29.4 Å². The van der Waals surface area contributed by atoms with E-state index in [9.17, 15) is 10.2 Å². The second-order valence-electron chi connectivity index (χ2n) is 10.9. The van der Waals surface area contributed by atoms with Gasteiger partial charge in [-0.05, 0) is 12.8 Å². The van der Waals surface area contributed by atoms with Crippen molar-refractivity contribution in [2.24, 2.45) is 0 Å². The molecule has 0 unspecified atom stereocenters. The third kappa shape index (κ3) is 13.5. The van der Waals surface area contributed by atoms with Gasteiger partial charge in [0.2, 0.25) is 0 Å². The smallest absolute Gasteiger partial charge is 0.109 e. The van der Waals surface area contributed by atoms with Crippen molar-refractivity contribution in [1.29, 1.82) is 0 Å². The van der Waals surface area contributed by atoms with Crippen LogP contribution in [-0.2, 0) is 9.47 Å². The molecule has 2 N–H and O–H groups in total. The minimum absolute atomic E-state index is 0.0904. The van der Waals surface area contributed by atoms with E-state index in [-0.39, 0.29) is 13.2 Å². The van der Waals surface area contributed by atoms with Crippen molar-refractivity contribution in [2.45, 2.75) is 153 Å². The number of aliphatic hydroxyl groups excluding tert-OH is 2. The Labute approximate surface area is 215 Å². The van der Waals surface area contributed by atoms with Crippen LogP contribution in [0.5, 0.6) is 0 Å². The van der Waals surface area contributed by atoms with E-state index in [0.29, 0.717) is 13.2 Å². The Morgan fingerprint density at radius 1 is 0.471 bits per heavy atom. The van der Waals surface area contributed by atoms with Gasteiger partial charge >= 0.3 is 0 Å². The summed E-state index contributed by atoms with van der Waals surface area (Å²) in [5.41, 5.74) is 0. The van der Waals surface area contributed by atoms with Gasteiger partial charge in [-0.25, -0.2) is 0 Å². The molecule has 0 aromatic heterocycles.